The van der Waals surface area contributed by atoms with Gasteiger partial charge in [0.1, 0.15) is 5.75 Å². The van der Waals surface area contributed by atoms with E-state index in [0.717, 1.165) is 29.6 Å². The van der Waals surface area contributed by atoms with Gasteiger partial charge in [0.25, 0.3) is 0 Å². The molecule has 0 amide bonds. The Morgan fingerprint density at radius 2 is 2.19 bits per heavy atom. The van der Waals surface area contributed by atoms with Crippen LogP contribution in [-0.2, 0) is 6.42 Å². The van der Waals surface area contributed by atoms with Crippen molar-refractivity contribution in [3.05, 3.63) is 58.3 Å². The molecule has 0 saturated heterocycles. The van der Waals surface area contributed by atoms with E-state index < -0.39 is 0 Å². The lowest BCUT2D eigenvalue weighted by Gasteiger charge is -2.20. The van der Waals surface area contributed by atoms with Crippen LogP contribution in [0.2, 0.25) is 0 Å². The van der Waals surface area contributed by atoms with Gasteiger partial charge in [0.2, 0.25) is 0 Å². The minimum Gasteiger partial charge on any atom is -0.496 e. The Balaban J connectivity index is 2.24. The first-order chi connectivity index (χ1) is 10.2. The van der Waals surface area contributed by atoms with E-state index in [9.17, 15) is 0 Å². The van der Waals surface area contributed by atoms with Gasteiger partial charge in [0, 0.05) is 22.9 Å². The predicted molar refractivity (Wildman–Crippen MR) is 89.7 cm³/mol. The highest BCUT2D eigenvalue weighted by Gasteiger charge is 2.14. The van der Waals surface area contributed by atoms with Crippen molar-refractivity contribution in [3.63, 3.8) is 0 Å². The van der Waals surface area contributed by atoms with Crippen molar-refractivity contribution in [2.75, 3.05) is 13.7 Å². The first-order valence-electron chi connectivity index (χ1n) is 7.20. The highest BCUT2D eigenvalue weighted by Crippen LogP contribution is 2.27. The maximum absolute atomic E-state index is 5.48. The van der Waals surface area contributed by atoms with Gasteiger partial charge in [-0.1, -0.05) is 28.9 Å². The average Bonchev–Trinajstić information content (AvgIpc) is 2.52. The quantitative estimate of drug-likeness (QED) is 0.816. The molecular formula is C17H21BrN2O. The van der Waals surface area contributed by atoms with Crippen LogP contribution in [0.15, 0.2) is 47.2 Å². The Hall–Kier alpha value is -1.39. The van der Waals surface area contributed by atoms with Crippen molar-refractivity contribution in [3.8, 4) is 5.75 Å². The molecule has 0 bridgehead atoms. The number of ether oxygens (including phenoxy) is 1. The second-order valence-corrected chi connectivity index (χ2v) is 5.87. The standard InChI is InChI=1S/C17H21BrN2O/c1-3-8-20-16(13-5-4-9-19-12-13)11-14-10-15(18)6-7-17(14)21-2/h4-7,9-10,12,16,20H,3,8,11H2,1-2H3. The number of rotatable bonds is 7. The Bertz CT molecular complexity index is 560. The molecule has 0 radical (unpaired) electrons. The molecule has 3 nitrogen and oxygen atoms in total. The molecule has 1 heterocycles. The van der Waals surface area contributed by atoms with Gasteiger partial charge >= 0.3 is 0 Å². The zero-order valence-corrected chi connectivity index (χ0v) is 14.1. The Labute approximate surface area is 134 Å². The van der Waals surface area contributed by atoms with Gasteiger partial charge in [-0.2, -0.15) is 0 Å². The number of hydrogen-bond donors (Lipinski definition) is 1. The van der Waals surface area contributed by atoms with E-state index in [4.69, 9.17) is 4.74 Å². The van der Waals surface area contributed by atoms with Crippen LogP contribution in [0, 0.1) is 0 Å². The van der Waals surface area contributed by atoms with Crippen LogP contribution in [0.4, 0.5) is 0 Å². The summed E-state index contributed by atoms with van der Waals surface area (Å²) in [6.07, 6.45) is 5.71. The summed E-state index contributed by atoms with van der Waals surface area (Å²) in [4.78, 5) is 4.23. The highest BCUT2D eigenvalue weighted by atomic mass is 79.9. The third-order valence-corrected chi connectivity index (χ3v) is 3.89. The summed E-state index contributed by atoms with van der Waals surface area (Å²) in [7, 11) is 1.71. The van der Waals surface area contributed by atoms with E-state index in [2.05, 4.69) is 45.3 Å². The molecule has 1 aromatic carbocycles. The van der Waals surface area contributed by atoms with Gasteiger partial charge in [-0.05, 0) is 54.8 Å². The van der Waals surface area contributed by atoms with Crippen LogP contribution in [-0.4, -0.2) is 18.6 Å². The first-order valence-corrected chi connectivity index (χ1v) is 7.99. The van der Waals surface area contributed by atoms with Gasteiger partial charge in [-0.25, -0.2) is 0 Å². The fraction of sp³-hybridized carbons (Fsp3) is 0.353. The Kier molecular flexibility index (Phi) is 6.21. The molecule has 1 N–H and O–H groups in total. The third kappa shape index (κ3) is 4.55. The SMILES string of the molecule is CCCNC(Cc1cc(Br)ccc1OC)c1cccnc1. The number of nitrogens with zero attached hydrogens (tertiary/aromatic N) is 1. The minimum atomic E-state index is 0.238. The number of aromatic nitrogens is 1. The van der Waals surface area contributed by atoms with E-state index in [0.29, 0.717) is 0 Å². The zero-order valence-electron chi connectivity index (χ0n) is 12.5. The summed E-state index contributed by atoms with van der Waals surface area (Å²) in [6.45, 7) is 3.16. The van der Waals surface area contributed by atoms with Crippen LogP contribution < -0.4 is 10.1 Å². The summed E-state index contributed by atoms with van der Waals surface area (Å²) in [6, 6.07) is 10.5. The maximum atomic E-state index is 5.48. The first kappa shape index (κ1) is 16.0. The summed E-state index contributed by atoms with van der Waals surface area (Å²) in [5.74, 6) is 0.922. The number of hydrogen-bond acceptors (Lipinski definition) is 3. The molecule has 1 aromatic heterocycles. The summed E-state index contributed by atoms with van der Waals surface area (Å²) in [5.41, 5.74) is 2.39. The average molecular weight is 349 g/mol. The van der Waals surface area contributed by atoms with Gasteiger partial charge < -0.3 is 10.1 Å². The molecule has 4 heteroatoms. The minimum absolute atomic E-state index is 0.238. The van der Waals surface area contributed by atoms with Gasteiger partial charge in [0.05, 0.1) is 7.11 Å². The second kappa shape index (κ2) is 8.15. The number of pyridine rings is 1. The van der Waals surface area contributed by atoms with Crippen LogP contribution in [0.1, 0.15) is 30.5 Å². The Morgan fingerprint density at radius 1 is 1.33 bits per heavy atom. The molecule has 0 aliphatic heterocycles. The zero-order chi connectivity index (χ0) is 15.1. The van der Waals surface area contributed by atoms with E-state index in [1.54, 1.807) is 13.3 Å². The lowest BCUT2D eigenvalue weighted by Crippen LogP contribution is -2.24. The van der Waals surface area contributed by atoms with E-state index >= 15 is 0 Å². The van der Waals surface area contributed by atoms with Gasteiger partial charge in [-0.3, -0.25) is 4.98 Å². The third-order valence-electron chi connectivity index (χ3n) is 3.39. The van der Waals surface area contributed by atoms with Crippen molar-refractivity contribution in [1.82, 2.24) is 10.3 Å². The van der Waals surface area contributed by atoms with Crippen LogP contribution in [0.3, 0.4) is 0 Å². The van der Waals surface area contributed by atoms with Crippen molar-refractivity contribution in [1.29, 1.82) is 0 Å². The normalized spacial score (nSPS) is 12.1. The number of nitrogens with one attached hydrogen (secondary N) is 1. The molecule has 21 heavy (non-hydrogen) atoms. The molecular weight excluding hydrogens is 328 g/mol. The molecule has 2 aromatic rings. The number of halogens is 1. The van der Waals surface area contributed by atoms with Gasteiger partial charge in [-0.15, -0.1) is 0 Å². The van der Waals surface area contributed by atoms with Crippen LogP contribution in [0.5, 0.6) is 5.75 Å². The Morgan fingerprint density at radius 3 is 2.86 bits per heavy atom. The fourth-order valence-electron chi connectivity index (χ4n) is 2.34. The lowest BCUT2D eigenvalue weighted by atomic mass is 9.99. The smallest absolute Gasteiger partial charge is 0.122 e. The van der Waals surface area contributed by atoms with Crippen molar-refractivity contribution in [2.24, 2.45) is 0 Å². The molecule has 2 rings (SSSR count). The molecule has 0 aliphatic rings. The monoisotopic (exact) mass is 348 g/mol. The van der Waals surface area contributed by atoms with Crippen LogP contribution in [0.25, 0.3) is 0 Å². The molecule has 1 unspecified atom stereocenters. The molecule has 112 valence electrons. The van der Waals surface area contributed by atoms with Crippen molar-refractivity contribution in [2.45, 2.75) is 25.8 Å². The second-order valence-electron chi connectivity index (χ2n) is 4.95. The lowest BCUT2D eigenvalue weighted by molar-refractivity contribution is 0.405. The van der Waals surface area contributed by atoms with Gasteiger partial charge in [0.15, 0.2) is 0 Å². The largest absolute Gasteiger partial charge is 0.496 e. The predicted octanol–water partition coefficient (Wildman–Crippen LogP) is 4.14. The van der Waals surface area contributed by atoms with Crippen molar-refractivity contribution < 1.29 is 4.74 Å². The summed E-state index contributed by atoms with van der Waals surface area (Å²) < 4.78 is 6.55. The van der Waals surface area contributed by atoms with E-state index in [1.165, 1.54) is 11.1 Å². The molecule has 0 aliphatic carbocycles. The summed E-state index contributed by atoms with van der Waals surface area (Å²) >= 11 is 3.54. The van der Waals surface area contributed by atoms with Crippen molar-refractivity contribution >= 4 is 15.9 Å². The number of methoxy groups -OCH3 is 1. The van der Waals surface area contributed by atoms with Crippen LogP contribution >= 0.6 is 15.9 Å². The topological polar surface area (TPSA) is 34.1 Å². The summed E-state index contributed by atoms with van der Waals surface area (Å²) in [5, 5.41) is 3.59. The highest BCUT2D eigenvalue weighted by molar-refractivity contribution is 9.10. The van der Waals surface area contributed by atoms with E-state index in [-0.39, 0.29) is 6.04 Å². The molecule has 0 fully saturated rings. The molecule has 0 spiro atoms. The molecule has 1 atom stereocenters. The molecule has 0 saturated carbocycles. The van der Waals surface area contributed by atoms with E-state index in [1.807, 2.05) is 24.4 Å². The fourth-order valence-corrected chi connectivity index (χ4v) is 2.74. The number of benzene rings is 1. The maximum Gasteiger partial charge on any atom is 0.122 e.